The number of methoxy groups -OCH3 is 1. The zero-order chi connectivity index (χ0) is 16.4. The smallest absolute Gasteiger partial charge is 0.160 e. The van der Waals surface area contributed by atoms with E-state index in [2.05, 4.69) is 6.92 Å². The Bertz CT molecular complexity index is 642. The predicted molar refractivity (Wildman–Crippen MR) is 88.4 cm³/mol. The normalized spacial score (nSPS) is 41.8. The molecule has 0 radical (unpaired) electrons. The SMILES string of the molecule is COc1cc2c(cc1O)CC[C@@H]1[C@@H]2CC[C@@]2(C)[C@H]1CC[C@@]2(N)O. The maximum atomic E-state index is 10.7. The van der Waals surface area contributed by atoms with Gasteiger partial charge in [-0.2, -0.15) is 0 Å². The van der Waals surface area contributed by atoms with Gasteiger partial charge < -0.3 is 20.7 Å². The van der Waals surface area contributed by atoms with E-state index in [4.69, 9.17) is 10.5 Å². The van der Waals surface area contributed by atoms with Crippen LogP contribution in [-0.2, 0) is 6.42 Å². The van der Waals surface area contributed by atoms with Crippen molar-refractivity contribution in [1.29, 1.82) is 0 Å². The third-order valence-electron chi connectivity index (χ3n) is 7.24. The van der Waals surface area contributed by atoms with Gasteiger partial charge in [-0.05, 0) is 79.5 Å². The molecule has 1 aromatic rings. The summed E-state index contributed by atoms with van der Waals surface area (Å²) >= 11 is 0. The highest BCUT2D eigenvalue weighted by Crippen LogP contribution is 2.63. The van der Waals surface area contributed by atoms with Crippen LogP contribution in [0.3, 0.4) is 0 Å². The molecular formula is C19H27NO3. The standard InChI is InChI=1S/C19H27NO3/c1-18-7-5-12-13(15(18)6-8-19(18,20)22)4-3-11-9-16(21)17(23-2)10-14(11)12/h9-10,12-13,15,21-22H,3-8,20H2,1-2H3/t12-,13+,15-,18-,19+/m0/s1. The first kappa shape index (κ1) is 15.3. The van der Waals surface area contributed by atoms with Crippen molar-refractivity contribution in [3.63, 3.8) is 0 Å². The molecule has 23 heavy (non-hydrogen) atoms. The van der Waals surface area contributed by atoms with Crippen LogP contribution >= 0.6 is 0 Å². The van der Waals surface area contributed by atoms with E-state index >= 15 is 0 Å². The first-order valence-corrected chi connectivity index (χ1v) is 8.78. The van der Waals surface area contributed by atoms with Gasteiger partial charge in [0, 0.05) is 5.41 Å². The van der Waals surface area contributed by atoms with Gasteiger partial charge in [0.25, 0.3) is 0 Å². The van der Waals surface area contributed by atoms with Gasteiger partial charge in [0.2, 0.25) is 0 Å². The van der Waals surface area contributed by atoms with Gasteiger partial charge >= 0.3 is 0 Å². The third-order valence-corrected chi connectivity index (χ3v) is 7.24. The van der Waals surface area contributed by atoms with Crippen LogP contribution in [0.25, 0.3) is 0 Å². The Morgan fingerprint density at radius 1 is 1.22 bits per heavy atom. The highest BCUT2D eigenvalue weighted by molar-refractivity contribution is 5.49. The molecule has 2 fully saturated rings. The Morgan fingerprint density at radius 2 is 2.00 bits per heavy atom. The predicted octanol–water partition coefficient (Wildman–Crippen LogP) is 2.90. The van der Waals surface area contributed by atoms with E-state index in [9.17, 15) is 10.2 Å². The molecule has 126 valence electrons. The molecule has 0 spiro atoms. The molecule has 1 aromatic carbocycles. The van der Waals surface area contributed by atoms with Crippen molar-refractivity contribution in [2.24, 2.45) is 23.0 Å². The van der Waals surface area contributed by atoms with Gasteiger partial charge in [0.05, 0.1) is 7.11 Å². The zero-order valence-electron chi connectivity index (χ0n) is 14.0. The Kier molecular flexibility index (Phi) is 3.23. The molecule has 3 aliphatic carbocycles. The molecule has 5 atom stereocenters. The number of aromatic hydroxyl groups is 1. The van der Waals surface area contributed by atoms with E-state index in [1.807, 2.05) is 12.1 Å². The molecule has 2 saturated carbocycles. The summed E-state index contributed by atoms with van der Waals surface area (Å²) in [5.41, 5.74) is 7.67. The molecule has 0 heterocycles. The summed E-state index contributed by atoms with van der Waals surface area (Å²) in [5.74, 6) is 2.37. The average Bonchev–Trinajstić information content (AvgIpc) is 2.76. The monoisotopic (exact) mass is 317 g/mol. The van der Waals surface area contributed by atoms with Crippen molar-refractivity contribution in [2.45, 2.75) is 57.1 Å². The van der Waals surface area contributed by atoms with Crippen LogP contribution in [0.15, 0.2) is 12.1 Å². The second-order valence-corrected chi connectivity index (χ2v) is 8.06. The van der Waals surface area contributed by atoms with Crippen LogP contribution in [0.1, 0.15) is 56.1 Å². The summed E-state index contributed by atoms with van der Waals surface area (Å²) in [6.45, 7) is 2.19. The lowest BCUT2D eigenvalue weighted by Gasteiger charge is -2.52. The maximum absolute atomic E-state index is 10.7. The fraction of sp³-hybridized carbons (Fsp3) is 0.684. The number of hydrogen-bond donors (Lipinski definition) is 3. The average molecular weight is 317 g/mol. The number of benzene rings is 1. The van der Waals surface area contributed by atoms with Gasteiger partial charge in [0.1, 0.15) is 5.72 Å². The summed E-state index contributed by atoms with van der Waals surface area (Å²) in [6, 6.07) is 3.92. The summed E-state index contributed by atoms with van der Waals surface area (Å²) in [6.07, 6.45) is 5.87. The first-order chi connectivity index (χ1) is 10.9. The summed E-state index contributed by atoms with van der Waals surface area (Å²) in [7, 11) is 1.60. The second-order valence-electron chi connectivity index (χ2n) is 8.06. The molecule has 0 bridgehead atoms. The van der Waals surface area contributed by atoms with Crippen molar-refractivity contribution in [3.8, 4) is 11.5 Å². The minimum atomic E-state index is -1.02. The highest BCUT2D eigenvalue weighted by Gasteiger charge is 2.60. The molecule has 4 nitrogen and oxygen atoms in total. The van der Waals surface area contributed by atoms with E-state index in [1.54, 1.807) is 7.11 Å². The minimum Gasteiger partial charge on any atom is -0.504 e. The second kappa shape index (κ2) is 4.87. The lowest BCUT2D eigenvalue weighted by molar-refractivity contribution is -0.0984. The van der Waals surface area contributed by atoms with Gasteiger partial charge in [-0.25, -0.2) is 0 Å². The van der Waals surface area contributed by atoms with Crippen molar-refractivity contribution in [2.75, 3.05) is 7.11 Å². The van der Waals surface area contributed by atoms with Crippen molar-refractivity contribution in [1.82, 2.24) is 0 Å². The molecule has 4 heteroatoms. The molecular weight excluding hydrogens is 290 g/mol. The van der Waals surface area contributed by atoms with Crippen LogP contribution in [0, 0.1) is 17.3 Å². The maximum Gasteiger partial charge on any atom is 0.160 e. The number of phenols is 1. The van der Waals surface area contributed by atoms with Gasteiger partial charge in [-0.3, -0.25) is 0 Å². The van der Waals surface area contributed by atoms with Crippen LogP contribution in [0.5, 0.6) is 11.5 Å². The van der Waals surface area contributed by atoms with E-state index in [0.717, 1.165) is 32.1 Å². The largest absolute Gasteiger partial charge is 0.504 e. The van der Waals surface area contributed by atoms with E-state index in [0.29, 0.717) is 29.9 Å². The van der Waals surface area contributed by atoms with Crippen LogP contribution in [0.2, 0.25) is 0 Å². The molecule has 0 saturated heterocycles. The highest BCUT2D eigenvalue weighted by atomic mass is 16.5. The quantitative estimate of drug-likeness (QED) is 0.696. The van der Waals surface area contributed by atoms with Gasteiger partial charge in [0.15, 0.2) is 11.5 Å². The minimum absolute atomic E-state index is 0.160. The van der Waals surface area contributed by atoms with Crippen LogP contribution in [-0.4, -0.2) is 23.0 Å². The number of nitrogens with two attached hydrogens (primary N) is 1. The van der Waals surface area contributed by atoms with E-state index < -0.39 is 5.72 Å². The van der Waals surface area contributed by atoms with E-state index in [1.165, 1.54) is 11.1 Å². The Hall–Kier alpha value is -1.26. The lowest BCUT2D eigenvalue weighted by Crippen LogP contribution is -2.55. The van der Waals surface area contributed by atoms with Gasteiger partial charge in [-0.15, -0.1) is 0 Å². The van der Waals surface area contributed by atoms with Crippen molar-refractivity contribution < 1.29 is 14.9 Å². The third kappa shape index (κ3) is 1.97. The zero-order valence-corrected chi connectivity index (χ0v) is 14.0. The summed E-state index contributed by atoms with van der Waals surface area (Å²) < 4.78 is 5.32. The van der Waals surface area contributed by atoms with Crippen molar-refractivity contribution >= 4 is 0 Å². The van der Waals surface area contributed by atoms with Gasteiger partial charge in [-0.1, -0.05) is 6.92 Å². The fourth-order valence-corrected chi connectivity index (χ4v) is 5.80. The van der Waals surface area contributed by atoms with Crippen LogP contribution in [0.4, 0.5) is 0 Å². The summed E-state index contributed by atoms with van der Waals surface area (Å²) in [5, 5.41) is 20.7. The lowest BCUT2D eigenvalue weighted by atomic mass is 9.54. The molecule has 3 aliphatic rings. The van der Waals surface area contributed by atoms with Crippen molar-refractivity contribution in [3.05, 3.63) is 23.3 Å². The number of fused-ring (bicyclic) bond motifs is 5. The molecule has 0 unspecified atom stereocenters. The molecule has 4 rings (SSSR count). The number of rotatable bonds is 1. The number of phenolic OH excluding ortho intramolecular Hbond substituents is 1. The number of ether oxygens (including phenoxy) is 1. The molecule has 0 amide bonds. The molecule has 0 aromatic heterocycles. The summed E-state index contributed by atoms with van der Waals surface area (Å²) in [4.78, 5) is 0. The van der Waals surface area contributed by atoms with Crippen LogP contribution < -0.4 is 10.5 Å². The Morgan fingerprint density at radius 3 is 2.74 bits per heavy atom. The number of aryl methyl sites for hydroxylation is 1. The number of aliphatic hydroxyl groups is 1. The Labute approximate surface area is 137 Å². The Balaban J connectivity index is 1.73. The van der Waals surface area contributed by atoms with E-state index in [-0.39, 0.29) is 11.2 Å². The molecule has 0 aliphatic heterocycles. The number of hydrogen-bond acceptors (Lipinski definition) is 4. The topological polar surface area (TPSA) is 75.7 Å². The first-order valence-electron chi connectivity index (χ1n) is 8.78. The molecule has 4 N–H and O–H groups in total. The fourth-order valence-electron chi connectivity index (χ4n) is 5.80.